The van der Waals surface area contributed by atoms with Crippen LogP contribution in [0.5, 0.6) is 0 Å². The molecule has 0 radical (unpaired) electrons. The molecule has 1 aromatic carbocycles. The molecule has 0 aliphatic heterocycles. The van der Waals surface area contributed by atoms with Gasteiger partial charge in [-0.05, 0) is 36.1 Å². The average molecular weight is 304 g/mol. The summed E-state index contributed by atoms with van der Waals surface area (Å²) in [6.45, 7) is 0.341. The molecule has 0 bridgehead atoms. The van der Waals surface area contributed by atoms with Crippen LogP contribution in [-0.2, 0) is 13.0 Å². The fourth-order valence-corrected chi connectivity index (χ4v) is 2.68. The lowest BCUT2D eigenvalue weighted by molar-refractivity contribution is 0.0936. The number of nitrogens with zero attached hydrogens (tertiary/aromatic N) is 1. The predicted octanol–water partition coefficient (Wildman–Crippen LogP) is 2.38. The van der Waals surface area contributed by atoms with Crippen molar-refractivity contribution < 1.29 is 4.79 Å². The lowest BCUT2D eigenvalue weighted by atomic mass is 10.1. The largest absolute Gasteiger partial charge is 0.345 e. The molecule has 21 heavy (non-hydrogen) atoms. The highest BCUT2D eigenvalue weighted by Crippen LogP contribution is 2.30. The van der Waals surface area contributed by atoms with Crippen molar-refractivity contribution in [3.8, 4) is 0 Å². The van der Waals surface area contributed by atoms with Gasteiger partial charge in [-0.25, -0.2) is 0 Å². The van der Waals surface area contributed by atoms with Crippen molar-refractivity contribution in [3.05, 3.63) is 65.0 Å². The Hall–Kier alpha value is -1.91. The Labute approximate surface area is 130 Å². The number of fused-ring (bicyclic) bond motifs is 1. The molecule has 0 fully saturated rings. The Bertz CT molecular complexity index is 645. The Morgan fingerprint density at radius 2 is 2.14 bits per heavy atom. The number of benzene rings is 1. The van der Waals surface area contributed by atoms with E-state index in [1.807, 2.05) is 12.1 Å². The van der Waals surface area contributed by atoms with E-state index in [-0.39, 0.29) is 24.4 Å². The van der Waals surface area contributed by atoms with Gasteiger partial charge in [0.1, 0.15) is 0 Å². The highest BCUT2D eigenvalue weighted by atomic mass is 35.5. The predicted molar refractivity (Wildman–Crippen MR) is 84.3 cm³/mol. The smallest absolute Gasteiger partial charge is 0.251 e. The van der Waals surface area contributed by atoms with Crippen LogP contribution in [0.15, 0.2) is 42.6 Å². The van der Waals surface area contributed by atoms with Crippen LogP contribution < -0.4 is 11.1 Å². The zero-order valence-corrected chi connectivity index (χ0v) is 12.4. The topological polar surface area (TPSA) is 68.0 Å². The van der Waals surface area contributed by atoms with E-state index in [9.17, 15) is 4.79 Å². The van der Waals surface area contributed by atoms with Gasteiger partial charge >= 0.3 is 0 Å². The maximum Gasteiger partial charge on any atom is 0.251 e. The van der Waals surface area contributed by atoms with Crippen LogP contribution in [0.2, 0.25) is 0 Å². The molecule has 1 aliphatic carbocycles. The number of carbonyl (C=O) groups excluding carboxylic acids is 1. The molecular weight excluding hydrogens is 286 g/mol. The fraction of sp³-hybridized carbons (Fsp3) is 0.250. The summed E-state index contributed by atoms with van der Waals surface area (Å²) in [6.07, 6.45) is 3.60. The molecule has 1 amide bonds. The number of rotatable bonds is 3. The van der Waals surface area contributed by atoms with Crippen molar-refractivity contribution in [1.82, 2.24) is 10.3 Å². The minimum atomic E-state index is -0.0659. The molecule has 0 spiro atoms. The summed E-state index contributed by atoms with van der Waals surface area (Å²) >= 11 is 0. The van der Waals surface area contributed by atoms with Gasteiger partial charge in [0.2, 0.25) is 0 Å². The quantitative estimate of drug-likeness (QED) is 0.915. The van der Waals surface area contributed by atoms with Gasteiger partial charge in [-0.3, -0.25) is 9.78 Å². The van der Waals surface area contributed by atoms with E-state index in [0.717, 1.165) is 18.5 Å². The lowest BCUT2D eigenvalue weighted by Crippen LogP contribution is -2.27. The molecule has 4 nitrogen and oxygen atoms in total. The summed E-state index contributed by atoms with van der Waals surface area (Å²) in [5.74, 6) is -0.0659. The standard InChI is InChI=1S/C16H17N3O.ClH/c17-10-13-9-12(7-8-18-13)16(20)19-15-6-5-11-3-1-2-4-14(11)15;/h1-4,7-9,15H,5-6,10,17H2,(H,19,20);1H. The summed E-state index contributed by atoms with van der Waals surface area (Å²) in [6, 6.07) is 11.8. The average Bonchev–Trinajstić information content (AvgIpc) is 2.90. The zero-order chi connectivity index (χ0) is 13.9. The van der Waals surface area contributed by atoms with Crippen LogP contribution in [0.25, 0.3) is 0 Å². The van der Waals surface area contributed by atoms with E-state index < -0.39 is 0 Å². The highest BCUT2D eigenvalue weighted by molar-refractivity contribution is 5.94. The van der Waals surface area contributed by atoms with E-state index in [1.165, 1.54) is 11.1 Å². The first-order valence-corrected chi connectivity index (χ1v) is 6.81. The minimum absolute atomic E-state index is 0. The van der Waals surface area contributed by atoms with E-state index in [4.69, 9.17) is 5.73 Å². The maximum absolute atomic E-state index is 12.3. The van der Waals surface area contributed by atoms with Gasteiger partial charge < -0.3 is 11.1 Å². The molecule has 1 aliphatic rings. The van der Waals surface area contributed by atoms with Gasteiger partial charge in [0.25, 0.3) is 5.91 Å². The van der Waals surface area contributed by atoms with E-state index in [1.54, 1.807) is 18.3 Å². The van der Waals surface area contributed by atoms with Gasteiger partial charge in [0.15, 0.2) is 0 Å². The molecule has 0 saturated carbocycles. The van der Waals surface area contributed by atoms with Crippen LogP contribution in [0.4, 0.5) is 0 Å². The summed E-state index contributed by atoms with van der Waals surface area (Å²) in [5, 5.41) is 3.10. The first-order valence-electron chi connectivity index (χ1n) is 6.81. The van der Waals surface area contributed by atoms with E-state index in [0.29, 0.717) is 12.1 Å². The second kappa shape index (κ2) is 6.70. The van der Waals surface area contributed by atoms with Crippen molar-refractivity contribution in [1.29, 1.82) is 0 Å². The van der Waals surface area contributed by atoms with Gasteiger partial charge in [0, 0.05) is 18.3 Å². The third kappa shape index (κ3) is 3.23. The van der Waals surface area contributed by atoms with Crippen LogP contribution in [0, 0.1) is 0 Å². The number of pyridine rings is 1. The molecule has 1 heterocycles. The summed E-state index contributed by atoms with van der Waals surface area (Å²) < 4.78 is 0. The molecule has 1 unspecified atom stereocenters. The number of nitrogens with two attached hydrogens (primary N) is 1. The number of hydrogen-bond acceptors (Lipinski definition) is 3. The number of amides is 1. The third-order valence-electron chi connectivity index (χ3n) is 3.73. The van der Waals surface area contributed by atoms with Crippen LogP contribution in [0.1, 0.15) is 39.6 Å². The fourth-order valence-electron chi connectivity index (χ4n) is 2.68. The third-order valence-corrected chi connectivity index (χ3v) is 3.73. The second-order valence-electron chi connectivity index (χ2n) is 5.00. The molecule has 1 aromatic heterocycles. The Balaban J connectivity index is 0.00000161. The zero-order valence-electron chi connectivity index (χ0n) is 11.6. The Kier molecular flexibility index (Phi) is 4.94. The van der Waals surface area contributed by atoms with Crippen molar-refractivity contribution in [2.75, 3.05) is 0 Å². The Morgan fingerprint density at radius 3 is 2.95 bits per heavy atom. The number of aromatic nitrogens is 1. The van der Waals surface area contributed by atoms with Gasteiger partial charge in [-0.2, -0.15) is 0 Å². The number of nitrogens with one attached hydrogen (secondary N) is 1. The van der Waals surface area contributed by atoms with Crippen molar-refractivity contribution in [2.24, 2.45) is 5.73 Å². The van der Waals surface area contributed by atoms with Gasteiger partial charge in [-0.1, -0.05) is 24.3 Å². The molecule has 1 atom stereocenters. The van der Waals surface area contributed by atoms with Crippen LogP contribution >= 0.6 is 12.4 Å². The monoisotopic (exact) mass is 303 g/mol. The molecular formula is C16H18ClN3O. The van der Waals surface area contributed by atoms with Crippen molar-refractivity contribution in [2.45, 2.75) is 25.4 Å². The van der Waals surface area contributed by atoms with Crippen molar-refractivity contribution >= 4 is 18.3 Å². The minimum Gasteiger partial charge on any atom is -0.345 e. The first kappa shape index (κ1) is 15.5. The normalized spacial score (nSPS) is 16.0. The number of carbonyl (C=O) groups is 1. The molecule has 3 N–H and O–H groups in total. The number of aryl methyl sites for hydroxylation is 1. The number of halogens is 1. The molecule has 3 rings (SSSR count). The van der Waals surface area contributed by atoms with Crippen LogP contribution in [0.3, 0.4) is 0 Å². The number of hydrogen-bond donors (Lipinski definition) is 2. The summed E-state index contributed by atoms with van der Waals surface area (Å²) in [4.78, 5) is 16.4. The van der Waals surface area contributed by atoms with Gasteiger partial charge in [-0.15, -0.1) is 12.4 Å². The second-order valence-corrected chi connectivity index (χ2v) is 5.00. The first-order chi connectivity index (χ1) is 9.78. The van der Waals surface area contributed by atoms with Crippen molar-refractivity contribution in [3.63, 3.8) is 0 Å². The summed E-state index contributed by atoms with van der Waals surface area (Å²) in [5.41, 5.74) is 9.45. The molecule has 0 saturated heterocycles. The summed E-state index contributed by atoms with van der Waals surface area (Å²) in [7, 11) is 0. The molecule has 110 valence electrons. The maximum atomic E-state index is 12.3. The van der Waals surface area contributed by atoms with E-state index in [2.05, 4.69) is 22.4 Å². The lowest BCUT2D eigenvalue weighted by Gasteiger charge is -2.14. The van der Waals surface area contributed by atoms with Gasteiger partial charge in [0.05, 0.1) is 11.7 Å². The SMILES string of the molecule is Cl.NCc1cc(C(=O)NC2CCc3ccccc32)ccn1. The van der Waals surface area contributed by atoms with Crippen LogP contribution in [-0.4, -0.2) is 10.9 Å². The van der Waals surface area contributed by atoms with E-state index >= 15 is 0 Å². The molecule has 2 aromatic rings. The highest BCUT2D eigenvalue weighted by Gasteiger charge is 2.23. The molecule has 5 heteroatoms. The Morgan fingerprint density at radius 1 is 1.33 bits per heavy atom.